The first-order valence-electron chi connectivity index (χ1n) is 6.00. The molecule has 2 N–H and O–H groups in total. The quantitative estimate of drug-likeness (QED) is 0.531. The van der Waals surface area contributed by atoms with Gasteiger partial charge in [0, 0.05) is 12.3 Å². The van der Waals surface area contributed by atoms with Gasteiger partial charge in [-0.3, -0.25) is 4.98 Å². The van der Waals surface area contributed by atoms with Crippen molar-refractivity contribution in [3.63, 3.8) is 0 Å². The summed E-state index contributed by atoms with van der Waals surface area (Å²) in [6.45, 7) is 4.19. The van der Waals surface area contributed by atoms with Crippen LogP contribution in [0.3, 0.4) is 0 Å². The highest BCUT2D eigenvalue weighted by Crippen LogP contribution is 2.32. The fourth-order valence-electron chi connectivity index (χ4n) is 1.62. The summed E-state index contributed by atoms with van der Waals surface area (Å²) in [5.41, 5.74) is 7.93. The van der Waals surface area contributed by atoms with Crippen molar-refractivity contribution in [2.45, 2.75) is 30.7 Å². The number of hydrogen-bond acceptors (Lipinski definition) is 5. The predicted molar refractivity (Wildman–Crippen MR) is 79.3 cm³/mol. The van der Waals surface area contributed by atoms with E-state index < -0.39 is 0 Å². The van der Waals surface area contributed by atoms with Crippen molar-refractivity contribution in [1.29, 1.82) is 0 Å². The van der Waals surface area contributed by atoms with E-state index in [-0.39, 0.29) is 5.25 Å². The number of halogens is 1. The van der Waals surface area contributed by atoms with Gasteiger partial charge in [-0.25, -0.2) is 9.97 Å². The SMILES string of the molecule is CCc1ccnc([C@@H](C)Sc2nc(N)cc(Cl)n2)c1. The zero-order valence-corrected chi connectivity index (χ0v) is 12.4. The molecule has 0 bridgehead atoms. The van der Waals surface area contributed by atoms with Gasteiger partial charge in [-0.05, 0) is 31.0 Å². The maximum Gasteiger partial charge on any atom is 0.191 e. The van der Waals surface area contributed by atoms with E-state index in [4.69, 9.17) is 17.3 Å². The lowest BCUT2D eigenvalue weighted by Crippen LogP contribution is -1.98. The molecule has 2 rings (SSSR count). The highest BCUT2D eigenvalue weighted by Gasteiger charge is 2.12. The first kappa shape index (κ1) is 14.1. The second kappa shape index (κ2) is 6.21. The Morgan fingerprint density at radius 3 is 2.84 bits per heavy atom. The standard InChI is InChI=1S/C13H15ClN4S/c1-3-9-4-5-16-10(6-9)8(2)19-13-17-11(14)7-12(15)18-13/h4-8H,3H2,1-2H3,(H2,15,17,18)/t8-/m1/s1. The minimum atomic E-state index is 0.143. The molecule has 0 unspecified atom stereocenters. The summed E-state index contributed by atoms with van der Waals surface area (Å²) in [4.78, 5) is 12.7. The molecule has 2 aromatic rings. The summed E-state index contributed by atoms with van der Waals surface area (Å²) in [6, 6.07) is 5.66. The summed E-state index contributed by atoms with van der Waals surface area (Å²) in [5.74, 6) is 0.380. The Balaban J connectivity index is 2.17. The Morgan fingerprint density at radius 2 is 2.16 bits per heavy atom. The fourth-order valence-corrected chi connectivity index (χ4v) is 2.74. The van der Waals surface area contributed by atoms with Gasteiger partial charge in [0.25, 0.3) is 0 Å². The number of thioether (sulfide) groups is 1. The molecule has 0 radical (unpaired) electrons. The molecule has 0 aliphatic heterocycles. The molecular formula is C13H15ClN4S. The number of nitrogens with two attached hydrogens (primary N) is 1. The van der Waals surface area contributed by atoms with Gasteiger partial charge in [0.1, 0.15) is 11.0 Å². The van der Waals surface area contributed by atoms with Gasteiger partial charge in [-0.2, -0.15) is 0 Å². The molecule has 0 fully saturated rings. The summed E-state index contributed by atoms with van der Waals surface area (Å²) >= 11 is 7.36. The third-order valence-electron chi connectivity index (χ3n) is 2.65. The van der Waals surface area contributed by atoms with Gasteiger partial charge in [0.05, 0.1) is 10.9 Å². The maximum absolute atomic E-state index is 5.87. The molecular weight excluding hydrogens is 280 g/mol. The van der Waals surface area contributed by atoms with E-state index in [0.717, 1.165) is 12.1 Å². The van der Waals surface area contributed by atoms with E-state index in [1.807, 2.05) is 12.3 Å². The second-order valence-electron chi connectivity index (χ2n) is 4.10. The predicted octanol–water partition coefficient (Wildman–Crippen LogP) is 3.52. The van der Waals surface area contributed by atoms with Gasteiger partial charge in [-0.15, -0.1) is 0 Å². The van der Waals surface area contributed by atoms with Crippen LogP contribution in [0.15, 0.2) is 29.6 Å². The number of pyridine rings is 1. The number of aryl methyl sites for hydroxylation is 1. The summed E-state index contributed by atoms with van der Waals surface area (Å²) in [7, 11) is 0. The summed E-state index contributed by atoms with van der Waals surface area (Å²) in [5, 5.41) is 1.07. The van der Waals surface area contributed by atoms with Crippen LogP contribution in [0.1, 0.15) is 30.4 Å². The van der Waals surface area contributed by atoms with Crippen LogP contribution in [0.5, 0.6) is 0 Å². The van der Waals surface area contributed by atoms with Crippen LogP contribution in [-0.2, 0) is 6.42 Å². The van der Waals surface area contributed by atoms with Crippen LogP contribution in [0.2, 0.25) is 5.15 Å². The Kier molecular flexibility index (Phi) is 4.61. The number of aromatic nitrogens is 3. The van der Waals surface area contributed by atoms with Crippen LogP contribution in [-0.4, -0.2) is 15.0 Å². The molecule has 0 spiro atoms. The number of nitrogen functional groups attached to an aromatic ring is 1. The van der Waals surface area contributed by atoms with Gasteiger partial charge < -0.3 is 5.73 Å². The number of hydrogen-bond donors (Lipinski definition) is 1. The van der Waals surface area contributed by atoms with E-state index in [1.54, 1.807) is 0 Å². The zero-order valence-electron chi connectivity index (χ0n) is 10.8. The molecule has 0 saturated carbocycles. The third-order valence-corrected chi connectivity index (χ3v) is 3.83. The van der Waals surface area contributed by atoms with Gasteiger partial charge in [0.15, 0.2) is 5.16 Å². The minimum Gasteiger partial charge on any atom is -0.384 e. The van der Waals surface area contributed by atoms with Crippen LogP contribution in [0.25, 0.3) is 0 Å². The molecule has 2 aromatic heterocycles. The smallest absolute Gasteiger partial charge is 0.191 e. The number of anilines is 1. The lowest BCUT2D eigenvalue weighted by molar-refractivity contribution is 0.939. The van der Waals surface area contributed by atoms with E-state index in [1.165, 1.54) is 23.4 Å². The second-order valence-corrected chi connectivity index (χ2v) is 5.80. The molecule has 4 nitrogen and oxygen atoms in total. The minimum absolute atomic E-state index is 0.143. The highest BCUT2D eigenvalue weighted by molar-refractivity contribution is 7.99. The molecule has 0 aliphatic rings. The molecule has 0 saturated heterocycles. The molecule has 2 heterocycles. The van der Waals surface area contributed by atoms with Crippen molar-refractivity contribution < 1.29 is 0 Å². The third kappa shape index (κ3) is 3.81. The first-order chi connectivity index (χ1) is 9.08. The normalized spacial score (nSPS) is 12.4. The molecule has 0 aliphatic carbocycles. The summed E-state index contributed by atoms with van der Waals surface area (Å²) < 4.78 is 0. The summed E-state index contributed by atoms with van der Waals surface area (Å²) in [6.07, 6.45) is 2.83. The Morgan fingerprint density at radius 1 is 1.37 bits per heavy atom. The van der Waals surface area contributed by atoms with E-state index in [0.29, 0.717) is 16.1 Å². The van der Waals surface area contributed by atoms with Gasteiger partial charge in [0.2, 0.25) is 0 Å². The monoisotopic (exact) mass is 294 g/mol. The Labute approximate surface area is 121 Å². The topological polar surface area (TPSA) is 64.7 Å². The maximum atomic E-state index is 5.87. The van der Waals surface area contributed by atoms with Gasteiger partial charge >= 0.3 is 0 Å². The van der Waals surface area contributed by atoms with Gasteiger partial charge in [-0.1, -0.05) is 30.3 Å². The molecule has 0 amide bonds. The molecule has 100 valence electrons. The molecule has 19 heavy (non-hydrogen) atoms. The zero-order chi connectivity index (χ0) is 13.8. The number of rotatable bonds is 4. The van der Waals surface area contributed by atoms with E-state index >= 15 is 0 Å². The van der Waals surface area contributed by atoms with Crippen LogP contribution in [0, 0.1) is 0 Å². The van der Waals surface area contributed by atoms with Crippen molar-refractivity contribution in [2.75, 3.05) is 5.73 Å². The van der Waals surface area contributed by atoms with Crippen LogP contribution in [0.4, 0.5) is 5.82 Å². The average Bonchev–Trinajstić information content (AvgIpc) is 2.37. The van der Waals surface area contributed by atoms with E-state index in [2.05, 4.69) is 34.9 Å². The average molecular weight is 295 g/mol. The Bertz CT molecular complexity index is 556. The van der Waals surface area contributed by atoms with Crippen molar-refractivity contribution in [1.82, 2.24) is 15.0 Å². The van der Waals surface area contributed by atoms with Crippen molar-refractivity contribution in [3.05, 3.63) is 40.8 Å². The van der Waals surface area contributed by atoms with Crippen molar-refractivity contribution in [3.8, 4) is 0 Å². The lowest BCUT2D eigenvalue weighted by Gasteiger charge is -2.11. The fraction of sp³-hybridized carbons (Fsp3) is 0.308. The Hall–Kier alpha value is -1.33. The van der Waals surface area contributed by atoms with Crippen molar-refractivity contribution >= 4 is 29.2 Å². The molecule has 1 atom stereocenters. The first-order valence-corrected chi connectivity index (χ1v) is 7.25. The van der Waals surface area contributed by atoms with E-state index in [9.17, 15) is 0 Å². The van der Waals surface area contributed by atoms with Crippen molar-refractivity contribution in [2.24, 2.45) is 0 Å². The molecule has 6 heteroatoms. The lowest BCUT2D eigenvalue weighted by atomic mass is 10.1. The largest absolute Gasteiger partial charge is 0.384 e. The number of nitrogens with zero attached hydrogens (tertiary/aromatic N) is 3. The van der Waals surface area contributed by atoms with Crippen LogP contribution < -0.4 is 5.73 Å². The highest BCUT2D eigenvalue weighted by atomic mass is 35.5. The van der Waals surface area contributed by atoms with Crippen LogP contribution >= 0.6 is 23.4 Å². The molecule has 0 aromatic carbocycles.